The summed E-state index contributed by atoms with van der Waals surface area (Å²) in [6.45, 7) is 0.774. The van der Waals surface area contributed by atoms with Crippen LogP contribution in [-0.4, -0.2) is 42.6 Å². The summed E-state index contributed by atoms with van der Waals surface area (Å²) in [6, 6.07) is 6.05. The molecule has 5 heterocycles. The quantitative estimate of drug-likeness (QED) is 0.412. The Morgan fingerprint density at radius 1 is 1.25 bits per heavy atom. The molecule has 5 rings (SSSR count). The zero-order chi connectivity index (χ0) is 18.9. The van der Waals surface area contributed by atoms with E-state index < -0.39 is 0 Å². The van der Waals surface area contributed by atoms with Crippen LogP contribution in [0.25, 0.3) is 33.5 Å². The fourth-order valence-electron chi connectivity index (χ4n) is 3.53. The highest BCUT2D eigenvalue weighted by Gasteiger charge is 2.22. The van der Waals surface area contributed by atoms with Crippen molar-refractivity contribution in [1.29, 1.82) is 0 Å². The van der Waals surface area contributed by atoms with Crippen LogP contribution in [0.4, 0.5) is 0 Å². The lowest BCUT2D eigenvalue weighted by Gasteiger charge is -2.22. The van der Waals surface area contributed by atoms with E-state index in [2.05, 4.69) is 26.0 Å². The van der Waals surface area contributed by atoms with E-state index in [1.807, 2.05) is 41.7 Å². The monoisotopic (exact) mass is 392 g/mol. The molecule has 0 spiro atoms. The molecule has 0 radical (unpaired) electrons. The van der Waals surface area contributed by atoms with Crippen LogP contribution in [-0.2, 0) is 4.74 Å². The van der Waals surface area contributed by atoms with E-state index >= 15 is 0 Å². The molecule has 4 aromatic rings. The van der Waals surface area contributed by atoms with E-state index in [1.165, 1.54) is 11.8 Å². The molecular weight excluding hydrogens is 372 g/mol. The van der Waals surface area contributed by atoms with Gasteiger partial charge >= 0.3 is 0 Å². The Balaban J connectivity index is 1.65. The molecule has 0 bridgehead atoms. The third-order valence-electron chi connectivity index (χ3n) is 4.95. The van der Waals surface area contributed by atoms with E-state index in [0.29, 0.717) is 0 Å². The van der Waals surface area contributed by atoms with Gasteiger partial charge in [-0.3, -0.25) is 0 Å². The highest BCUT2D eigenvalue weighted by atomic mass is 32.2. The SMILES string of the molecule is CSc1nccc(-c2cn(C3CCCCO3)nc2-c2cnc3[nH]ccc3c2)n1. The molecule has 0 saturated carbocycles. The van der Waals surface area contributed by atoms with Crippen LogP contribution in [0.3, 0.4) is 0 Å². The van der Waals surface area contributed by atoms with Crippen LogP contribution in [0.1, 0.15) is 25.5 Å². The first-order chi connectivity index (χ1) is 13.8. The van der Waals surface area contributed by atoms with Gasteiger partial charge in [0.05, 0.1) is 5.69 Å². The number of H-pyrrole nitrogens is 1. The Kier molecular flexibility index (Phi) is 4.58. The fourth-order valence-corrected chi connectivity index (χ4v) is 3.89. The maximum absolute atomic E-state index is 5.95. The first-order valence-corrected chi connectivity index (χ1v) is 10.6. The van der Waals surface area contributed by atoms with Crippen LogP contribution in [0.5, 0.6) is 0 Å². The first kappa shape index (κ1) is 17.4. The number of hydrogen-bond acceptors (Lipinski definition) is 6. The van der Waals surface area contributed by atoms with Crippen molar-refractivity contribution in [2.75, 3.05) is 12.9 Å². The van der Waals surface area contributed by atoms with E-state index in [-0.39, 0.29) is 6.23 Å². The van der Waals surface area contributed by atoms with Crippen LogP contribution >= 0.6 is 11.8 Å². The Labute approximate surface area is 166 Å². The van der Waals surface area contributed by atoms with Crippen molar-refractivity contribution in [3.05, 3.63) is 43.0 Å². The normalized spacial score (nSPS) is 17.2. The van der Waals surface area contributed by atoms with Crippen molar-refractivity contribution in [2.24, 2.45) is 0 Å². The largest absolute Gasteiger partial charge is 0.357 e. The minimum atomic E-state index is -0.0351. The second-order valence-corrected chi connectivity index (χ2v) is 7.53. The van der Waals surface area contributed by atoms with Crippen molar-refractivity contribution in [3.8, 4) is 22.5 Å². The number of aromatic nitrogens is 6. The standard InChI is InChI=1S/C20H20N6OS/c1-28-20-22-8-6-16(24-20)15-12-26(17-4-2-3-9-27-17)25-18(15)14-10-13-5-7-21-19(13)23-11-14/h5-8,10-12,17H,2-4,9H2,1H3,(H,21,23). The van der Waals surface area contributed by atoms with Gasteiger partial charge in [-0.1, -0.05) is 11.8 Å². The smallest absolute Gasteiger partial charge is 0.187 e. The van der Waals surface area contributed by atoms with Crippen molar-refractivity contribution >= 4 is 22.8 Å². The highest BCUT2D eigenvalue weighted by molar-refractivity contribution is 7.98. The predicted octanol–water partition coefficient (Wildman–Crippen LogP) is 4.30. The Hall–Kier alpha value is -2.71. The molecule has 1 saturated heterocycles. The molecule has 7 nitrogen and oxygen atoms in total. The minimum Gasteiger partial charge on any atom is -0.357 e. The molecule has 1 unspecified atom stereocenters. The van der Waals surface area contributed by atoms with Crippen LogP contribution < -0.4 is 0 Å². The van der Waals surface area contributed by atoms with Crippen LogP contribution in [0.15, 0.2) is 48.1 Å². The molecule has 1 aliphatic heterocycles. The van der Waals surface area contributed by atoms with Crippen molar-refractivity contribution in [1.82, 2.24) is 29.7 Å². The van der Waals surface area contributed by atoms with Gasteiger partial charge in [0.1, 0.15) is 17.6 Å². The summed E-state index contributed by atoms with van der Waals surface area (Å²) in [5.74, 6) is 0. The first-order valence-electron chi connectivity index (χ1n) is 9.33. The minimum absolute atomic E-state index is 0.0351. The zero-order valence-electron chi connectivity index (χ0n) is 15.5. The van der Waals surface area contributed by atoms with E-state index in [1.54, 1.807) is 6.20 Å². The molecule has 1 N–H and O–H groups in total. The van der Waals surface area contributed by atoms with Gasteiger partial charge in [0.2, 0.25) is 0 Å². The van der Waals surface area contributed by atoms with Gasteiger partial charge in [-0.15, -0.1) is 0 Å². The lowest BCUT2D eigenvalue weighted by molar-refractivity contribution is -0.0393. The second kappa shape index (κ2) is 7.37. The van der Waals surface area contributed by atoms with E-state index in [4.69, 9.17) is 9.84 Å². The van der Waals surface area contributed by atoms with Crippen LogP contribution in [0.2, 0.25) is 0 Å². The van der Waals surface area contributed by atoms with Crippen molar-refractivity contribution in [2.45, 2.75) is 30.6 Å². The van der Waals surface area contributed by atoms with Crippen molar-refractivity contribution < 1.29 is 4.74 Å². The number of nitrogens with one attached hydrogen (secondary N) is 1. The molecule has 8 heteroatoms. The van der Waals surface area contributed by atoms with Gasteiger partial charge in [-0.2, -0.15) is 5.10 Å². The van der Waals surface area contributed by atoms with Crippen LogP contribution in [0, 0.1) is 0 Å². The lowest BCUT2D eigenvalue weighted by Crippen LogP contribution is -2.18. The predicted molar refractivity (Wildman–Crippen MR) is 109 cm³/mol. The number of ether oxygens (including phenoxy) is 1. The maximum atomic E-state index is 5.95. The van der Waals surface area contributed by atoms with Gasteiger partial charge in [-0.25, -0.2) is 19.6 Å². The maximum Gasteiger partial charge on any atom is 0.187 e. The van der Waals surface area contributed by atoms with Gasteiger partial charge in [0, 0.05) is 47.9 Å². The van der Waals surface area contributed by atoms with Gasteiger partial charge in [-0.05, 0) is 43.7 Å². The number of rotatable bonds is 4. The number of pyridine rings is 1. The summed E-state index contributed by atoms with van der Waals surface area (Å²) in [4.78, 5) is 16.7. The lowest BCUT2D eigenvalue weighted by atomic mass is 10.1. The molecule has 1 atom stereocenters. The summed E-state index contributed by atoms with van der Waals surface area (Å²) >= 11 is 1.53. The molecule has 4 aromatic heterocycles. The summed E-state index contributed by atoms with van der Waals surface area (Å²) in [5, 5.41) is 6.70. The third kappa shape index (κ3) is 3.18. The van der Waals surface area contributed by atoms with Gasteiger partial charge < -0.3 is 9.72 Å². The summed E-state index contributed by atoms with van der Waals surface area (Å²) in [7, 11) is 0. The zero-order valence-corrected chi connectivity index (χ0v) is 16.3. The Morgan fingerprint density at radius 2 is 2.21 bits per heavy atom. The number of fused-ring (bicyclic) bond motifs is 1. The number of nitrogens with zero attached hydrogens (tertiary/aromatic N) is 5. The summed E-state index contributed by atoms with van der Waals surface area (Å²) < 4.78 is 7.89. The fraction of sp³-hybridized carbons (Fsp3) is 0.300. The molecule has 142 valence electrons. The highest BCUT2D eigenvalue weighted by Crippen LogP contribution is 2.34. The number of hydrogen-bond donors (Lipinski definition) is 1. The molecule has 0 amide bonds. The molecule has 0 aliphatic carbocycles. The van der Waals surface area contributed by atoms with Crippen molar-refractivity contribution in [3.63, 3.8) is 0 Å². The van der Waals surface area contributed by atoms with E-state index in [0.717, 1.165) is 64.6 Å². The van der Waals surface area contributed by atoms with E-state index in [9.17, 15) is 0 Å². The average Bonchev–Trinajstić information content (AvgIpc) is 3.41. The summed E-state index contributed by atoms with van der Waals surface area (Å²) in [6.07, 6.45) is 12.7. The third-order valence-corrected chi connectivity index (χ3v) is 5.51. The Morgan fingerprint density at radius 3 is 3.07 bits per heavy atom. The van der Waals surface area contributed by atoms with Gasteiger partial charge in [0.25, 0.3) is 0 Å². The number of thioether (sulfide) groups is 1. The van der Waals surface area contributed by atoms with Gasteiger partial charge in [0.15, 0.2) is 5.16 Å². The molecule has 28 heavy (non-hydrogen) atoms. The average molecular weight is 392 g/mol. The Bertz CT molecular complexity index is 1110. The molecule has 1 aliphatic rings. The molecule has 1 fully saturated rings. The molecular formula is C20H20N6OS. The summed E-state index contributed by atoms with van der Waals surface area (Å²) in [5.41, 5.74) is 4.50. The molecule has 0 aromatic carbocycles. The second-order valence-electron chi connectivity index (χ2n) is 6.76. The number of aromatic amines is 1. The topological polar surface area (TPSA) is 81.5 Å².